The normalized spacial score (nSPS) is 13.1. The van der Waals surface area contributed by atoms with Crippen molar-refractivity contribution in [3.63, 3.8) is 0 Å². The maximum absolute atomic E-state index is 12.9. The van der Waals surface area contributed by atoms with E-state index in [0.29, 0.717) is 19.4 Å². The number of ether oxygens (including phenoxy) is 3. The number of carbonyl (C=O) groups excluding carboxylic acids is 2. The van der Waals surface area contributed by atoms with Crippen LogP contribution in [0.15, 0.2) is 122 Å². The molecule has 74 heavy (non-hydrogen) atoms. The lowest BCUT2D eigenvalue weighted by atomic mass is 10.1. The van der Waals surface area contributed by atoms with Gasteiger partial charge in [0.1, 0.15) is 6.61 Å². The fraction of sp³-hybridized carbons (Fsp3) is 0.681. The average molecular weight is 1030 g/mol. The van der Waals surface area contributed by atoms with Crippen molar-refractivity contribution >= 4 is 11.9 Å². The lowest BCUT2D eigenvalue weighted by molar-refractivity contribution is -0.163. The molecule has 5 nitrogen and oxygen atoms in total. The van der Waals surface area contributed by atoms with Gasteiger partial charge in [-0.15, -0.1) is 0 Å². The fourth-order valence-electron chi connectivity index (χ4n) is 8.34. The topological polar surface area (TPSA) is 61.8 Å². The highest BCUT2D eigenvalue weighted by Crippen LogP contribution is 2.14. The number of allylic oxidation sites excluding steroid dienone is 20. The van der Waals surface area contributed by atoms with E-state index < -0.39 is 6.10 Å². The Morgan fingerprint density at radius 3 is 0.986 bits per heavy atom. The van der Waals surface area contributed by atoms with Crippen LogP contribution in [0.25, 0.3) is 0 Å². The van der Waals surface area contributed by atoms with E-state index in [1.807, 2.05) is 0 Å². The molecular formula is C69H116O5. The lowest BCUT2D eigenvalue weighted by Crippen LogP contribution is -2.30. The Labute approximate surface area is 458 Å². The number of hydrogen-bond acceptors (Lipinski definition) is 5. The third kappa shape index (κ3) is 60.9. The molecule has 0 fully saturated rings. The highest BCUT2D eigenvalue weighted by molar-refractivity contribution is 5.70. The first-order chi connectivity index (χ1) is 36.6. The predicted octanol–water partition coefficient (Wildman–Crippen LogP) is 21.7. The summed E-state index contributed by atoms with van der Waals surface area (Å²) in [6.45, 7) is 7.61. The monoisotopic (exact) mass is 1020 g/mol. The van der Waals surface area contributed by atoms with Gasteiger partial charge in [-0.25, -0.2) is 0 Å². The summed E-state index contributed by atoms with van der Waals surface area (Å²) in [5.41, 5.74) is 0. The summed E-state index contributed by atoms with van der Waals surface area (Å²) in [6, 6.07) is 0. The standard InChI is InChI=1S/C69H116O5/c1-4-7-10-13-16-19-22-25-28-31-34-37-40-43-46-49-52-55-58-61-64-72-65-67(74-69(71)63-60-57-54-51-48-45-42-39-36-33-30-27-24-21-18-15-12-9-6-3)66-73-68(70)62-59-56-53-50-47-44-41-38-35-32-29-26-23-20-17-14-11-8-5-2/h8,11,16-21,25-30,34-35,37-38,44,47,67H,4-7,9-10,12-15,22-24,31-33,36,39-43,45-46,48-66H2,1-3H3/b11-8-,19-16-,20-17-,21-18-,28-25-,29-26-,30-27-,37-34-,38-35-,47-44-. The molecule has 0 saturated heterocycles. The second-order valence-corrected chi connectivity index (χ2v) is 20.2. The summed E-state index contributed by atoms with van der Waals surface area (Å²) in [5.74, 6) is -0.445. The molecule has 0 aliphatic rings. The van der Waals surface area contributed by atoms with Gasteiger partial charge in [0.2, 0.25) is 0 Å². The van der Waals surface area contributed by atoms with Crippen LogP contribution in [0.3, 0.4) is 0 Å². The Bertz CT molecular complexity index is 1490. The Morgan fingerprint density at radius 2 is 0.608 bits per heavy atom. The van der Waals surface area contributed by atoms with Gasteiger partial charge in [-0.1, -0.05) is 251 Å². The SMILES string of the molecule is CC/C=C\C/C=C\C/C=C\C/C=C\C/C=C\CCCCCC(=O)OCC(COCCCCCCCCC/C=C\C/C=C\C/C=C\CCCCC)OC(=O)CCCCCCCCCCC/C=C\C/C=C\CCCCC. The summed E-state index contributed by atoms with van der Waals surface area (Å²) in [7, 11) is 0. The van der Waals surface area contributed by atoms with Gasteiger partial charge in [0.25, 0.3) is 0 Å². The molecule has 0 N–H and O–H groups in total. The Hall–Kier alpha value is -3.70. The van der Waals surface area contributed by atoms with Crippen LogP contribution in [0, 0.1) is 0 Å². The van der Waals surface area contributed by atoms with Crippen LogP contribution < -0.4 is 0 Å². The molecule has 1 unspecified atom stereocenters. The number of hydrogen-bond donors (Lipinski definition) is 0. The zero-order chi connectivity index (χ0) is 53.4. The fourth-order valence-corrected chi connectivity index (χ4v) is 8.34. The molecule has 0 rings (SSSR count). The van der Waals surface area contributed by atoms with Crippen molar-refractivity contribution < 1.29 is 23.8 Å². The molecule has 0 radical (unpaired) electrons. The van der Waals surface area contributed by atoms with Gasteiger partial charge in [0.15, 0.2) is 6.10 Å². The third-order valence-electron chi connectivity index (χ3n) is 13.0. The molecule has 0 aliphatic heterocycles. The average Bonchev–Trinajstić information content (AvgIpc) is 3.40. The first-order valence-electron chi connectivity index (χ1n) is 31.1. The largest absolute Gasteiger partial charge is 0.462 e. The molecule has 0 spiro atoms. The molecule has 0 saturated carbocycles. The van der Waals surface area contributed by atoms with Crippen molar-refractivity contribution in [3.8, 4) is 0 Å². The molecule has 0 bridgehead atoms. The Balaban J connectivity index is 4.39. The minimum atomic E-state index is -0.568. The van der Waals surface area contributed by atoms with Gasteiger partial charge in [-0.3, -0.25) is 9.59 Å². The summed E-state index contributed by atoms with van der Waals surface area (Å²) in [6.07, 6.45) is 89.4. The van der Waals surface area contributed by atoms with Crippen LogP contribution in [0.4, 0.5) is 0 Å². The molecule has 0 aromatic heterocycles. The van der Waals surface area contributed by atoms with Crippen LogP contribution in [-0.2, 0) is 23.8 Å². The molecule has 0 aliphatic carbocycles. The van der Waals surface area contributed by atoms with E-state index in [-0.39, 0.29) is 25.2 Å². The van der Waals surface area contributed by atoms with Gasteiger partial charge < -0.3 is 14.2 Å². The van der Waals surface area contributed by atoms with E-state index in [1.54, 1.807) is 0 Å². The molecule has 0 aromatic rings. The van der Waals surface area contributed by atoms with Crippen molar-refractivity contribution in [1.29, 1.82) is 0 Å². The zero-order valence-corrected chi connectivity index (χ0v) is 48.6. The second-order valence-electron chi connectivity index (χ2n) is 20.2. The van der Waals surface area contributed by atoms with Crippen LogP contribution in [0.1, 0.15) is 278 Å². The van der Waals surface area contributed by atoms with Crippen molar-refractivity contribution in [1.82, 2.24) is 0 Å². The number of carbonyl (C=O) groups is 2. The van der Waals surface area contributed by atoms with E-state index in [9.17, 15) is 9.59 Å². The van der Waals surface area contributed by atoms with E-state index in [1.165, 1.54) is 135 Å². The van der Waals surface area contributed by atoms with Crippen molar-refractivity contribution in [3.05, 3.63) is 122 Å². The van der Waals surface area contributed by atoms with Crippen molar-refractivity contribution in [2.45, 2.75) is 284 Å². The molecular weight excluding hydrogens is 909 g/mol. The smallest absolute Gasteiger partial charge is 0.306 e. The molecule has 422 valence electrons. The van der Waals surface area contributed by atoms with Crippen LogP contribution in [-0.4, -0.2) is 37.9 Å². The first-order valence-corrected chi connectivity index (χ1v) is 31.1. The summed E-state index contributed by atoms with van der Waals surface area (Å²) in [4.78, 5) is 25.6. The third-order valence-corrected chi connectivity index (χ3v) is 13.0. The first kappa shape index (κ1) is 70.3. The van der Waals surface area contributed by atoms with Gasteiger partial charge in [0, 0.05) is 19.4 Å². The molecule has 0 amide bonds. The van der Waals surface area contributed by atoms with Gasteiger partial charge in [0.05, 0.1) is 6.61 Å². The maximum atomic E-state index is 12.9. The summed E-state index contributed by atoms with van der Waals surface area (Å²) < 4.78 is 17.5. The maximum Gasteiger partial charge on any atom is 0.306 e. The molecule has 0 aromatic carbocycles. The van der Waals surface area contributed by atoms with Gasteiger partial charge in [-0.05, 0) is 135 Å². The summed E-state index contributed by atoms with van der Waals surface area (Å²) >= 11 is 0. The number of unbranched alkanes of at least 4 members (excludes halogenated alkanes) is 25. The van der Waals surface area contributed by atoms with E-state index in [4.69, 9.17) is 14.2 Å². The summed E-state index contributed by atoms with van der Waals surface area (Å²) in [5, 5.41) is 0. The van der Waals surface area contributed by atoms with Gasteiger partial charge in [-0.2, -0.15) is 0 Å². The quantitative estimate of drug-likeness (QED) is 0.0345. The number of esters is 2. The van der Waals surface area contributed by atoms with Crippen molar-refractivity contribution in [2.75, 3.05) is 19.8 Å². The highest BCUT2D eigenvalue weighted by atomic mass is 16.6. The van der Waals surface area contributed by atoms with E-state index >= 15 is 0 Å². The lowest BCUT2D eigenvalue weighted by Gasteiger charge is -2.18. The minimum Gasteiger partial charge on any atom is -0.462 e. The second kappa shape index (κ2) is 63.6. The predicted molar refractivity (Wildman–Crippen MR) is 325 cm³/mol. The number of rotatable bonds is 56. The minimum absolute atomic E-state index is 0.0557. The Kier molecular flexibility index (Phi) is 60.4. The van der Waals surface area contributed by atoms with Crippen LogP contribution in [0.5, 0.6) is 0 Å². The Morgan fingerprint density at radius 1 is 0.311 bits per heavy atom. The van der Waals surface area contributed by atoms with Crippen molar-refractivity contribution in [2.24, 2.45) is 0 Å². The van der Waals surface area contributed by atoms with E-state index in [2.05, 4.69) is 142 Å². The zero-order valence-electron chi connectivity index (χ0n) is 48.6. The van der Waals surface area contributed by atoms with E-state index in [0.717, 1.165) is 109 Å². The highest BCUT2D eigenvalue weighted by Gasteiger charge is 2.17. The molecule has 1 atom stereocenters. The van der Waals surface area contributed by atoms with Crippen LogP contribution >= 0.6 is 0 Å². The van der Waals surface area contributed by atoms with Crippen LogP contribution in [0.2, 0.25) is 0 Å². The molecule has 0 heterocycles. The van der Waals surface area contributed by atoms with Gasteiger partial charge >= 0.3 is 11.9 Å². The molecule has 5 heteroatoms.